The summed E-state index contributed by atoms with van der Waals surface area (Å²) < 4.78 is 1.87. The van der Waals surface area contributed by atoms with Gasteiger partial charge in [0.05, 0.1) is 23.1 Å². The number of pyridine rings is 1. The zero-order valence-corrected chi connectivity index (χ0v) is 19.8. The lowest BCUT2D eigenvalue weighted by atomic mass is 10.1. The quantitative estimate of drug-likeness (QED) is 0.381. The van der Waals surface area contributed by atoms with Gasteiger partial charge in [-0.1, -0.05) is 48.5 Å². The smallest absolute Gasteiger partial charge is 0.255 e. The van der Waals surface area contributed by atoms with Crippen molar-refractivity contribution in [2.24, 2.45) is 0 Å². The predicted octanol–water partition coefficient (Wildman–Crippen LogP) is 5.18. The van der Waals surface area contributed by atoms with E-state index in [1.54, 1.807) is 24.5 Å². The number of hydrogen-bond acceptors (Lipinski definition) is 4. The Bertz CT molecular complexity index is 1400. The second-order valence-electron chi connectivity index (χ2n) is 8.48. The van der Waals surface area contributed by atoms with Crippen LogP contribution >= 0.6 is 11.6 Å². The summed E-state index contributed by atoms with van der Waals surface area (Å²) in [5, 5.41) is 9.08. The van der Waals surface area contributed by atoms with Crippen LogP contribution in [-0.4, -0.2) is 44.1 Å². The van der Waals surface area contributed by atoms with Gasteiger partial charge in [0.25, 0.3) is 5.91 Å². The maximum atomic E-state index is 12.6. The second-order valence-corrected chi connectivity index (χ2v) is 8.88. The van der Waals surface area contributed by atoms with Crippen LogP contribution in [0, 0.1) is 0 Å². The van der Waals surface area contributed by atoms with Crippen LogP contribution in [0.5, 0.6) is 0 Å². The van der Waals surface area contributed by atoms with Gasteiger partial charge in [-0.05, 0) is 43.2 Å². The zero-order valence-electron chi connectivity index (χ0n) is 19.0. The Morgan fingerprint density at radius 1 is 1.11 bits per heavy atom. The van der Waals surface area contributed by atoms with Crippen LogP contribution in [0.15, 0.2) is 79.6 Å². The molecule has 8 heteroatoms. The number of carbonyl (C=O) groups excluding carboxylic acids is 2. The van der Waals surface area contributed by atoms with Crippen molar-refractivity contribution in [3.8, 4) is 11.3 Å². The normalized spacial score (nSPS) is 15.3. The minimum atomic E-state index is -0.184. The number of benzene rings is 2. The van der Waals surface area contributed by atoms with Crippen molar-refractivity contribution in [3.63, 3.8) is 0 Å². The molecule has 1 aliphatic rings. The number of carbonyl (C=O) groups is 2. The van der Waals surface area contributed by atoms with E-state index in [0.717, 1.165) is 40.7 Å². The van der Waals surface area contributed by atoms with E-state index in [1.807, 2.05) is 52.0 Å². The van der Waals surface area contributed by atoms with Crippen molar-refractivity contribution in [2.45, 2.75) is 25.4 Å². The first-order valence-electron chi connectivity index (χ1n) is 11.4. The zero-order chi connectivity index (χ0) is 24.4. The third-order valence-electron chi connectivity index (χ3n) is 6.28. The van der Waals surface area contributed by atoms with Gasteiger partial charge in [0.15, 0.2) is 0 Å². The largest absolute Gasteiger partial charge is 0.334 e. The van der Waals surface area contributed by atoms with E-state index < -0.39 is 0 Å². The van der Waals surface area contributed by atoms with E-state index in [9.17, 15) is 9.59 Å². The predicted molar refractivity (Wildman–Crippen MR) is 137 cm³/mol. The summed E-state index contributed by atoms with van der Waals surface area (Å²) in [6.45, 7) is 4.86. The summed E-state index contributed by atoms with van der Waals surface area (Å²) in [5.41, 5.74) is 3.63. The maximum Gasteiger partial charge on any atom is 0.255 e. The van der Waals surface area contributed by atoms with Crippen molar-refractivity contribution in [3.05, 3.63) is 90.2 Å². The lowest BCUT2D eigenvalue weighted by molar-refractivity contribution is -0.127. The maximum absolute atomic E-state index is 12.6. The molecule has 0 aliphatic carbocycles. The molecule has 5 rings (SSSR count). The fourth-order valence-corrected chi connectivity index (χ4v) is 4.83. The molecule has 1 saturated heterocycles. The van der Waals surface area contributed by atoms with Gasteiger partial charge in [0, 0.05) is 41.1 Å². The van der Waals surface area contributed by atoms with Gasteiger partial charge in [0.2, 0.25) is 5.91 Å². The molecule has 1 N–H and O–H groups in total. The Labute approximate surface area is 208 Å². The van der Waals surface area contributed by atoms with Crippen molar-refractivity contribution >= 4 is 40.0 Å². The average molecular weight is 486 g/mol. The molecule has 1 fully saturated rings. The van der Waals surface area contributed by atoms with E-state index in [-0.39, 0.29) is 17.9 Å². The summed E-state index contributed by atoms with van der Waals surface area (Å²) >= 11 is 6.55. The standard InChI is InChI=1S/C27H24ClN5O2/c1-2-24(34)32-14-6-9-21(32)17-33-26-22(15-29-16-23(26)28)25(31-33)18-10-12-19(13-11-18)27(35)30-20-7-4-3-5-8-20/h2-5,7-8,10-13,15-16,21H,1,6,9,14,17H2,(H,30,35). The van der Waals surface area contributed by atoms with E-state index in [4.69, 9.17) is 16.7 Å². The number of aromatic nitrogens is 3. The molecule has 7 nitrogen and oxygen atoms in total. The number of hydrogen-bond donors (Lipinski definition) is 1. The molecule has 3 heterocycles. The number of likely N-dealkylation sites (tertiary alicyclic amines) is 1. The van der Waals surface area contributed by atoms with E-state index in [1.165, 1.54) is 6.08 Å². The number of nitrogens with zero attached hydrogens (tertiary/aromatic N) is 4. The number of halogens is 1. The summed E-state index contributed by atoms with van der Waals surface area (Å²) in [6, 6.07) is 16.6. The van der Waals surface area contributed by atoms with Crippen LogP contribution in [0.3, 0.4) is 0 Å². The molecular weight excluding hydrogens is 462 g/mol. The van der Waals surface area contributed by atoms with Gasteiger partial charge in [0.1, 0.15) is 5.69 Å². The fraction of sp³-hybridized carbons (Fsp3) is 0.185. The molecule has 4 aromatic rings. The molecular formula is C27H24ClN5O2. The van der Waals surface area contributed by atoms with Crippen LogP contribution < -0.4 is 5.32 Å². The SMILES string of the molecule is C=CC(=O)N1CCCC1Cn1nc(-c2ccc(C(=O)Nc3ccccc3)cc2)c2cncc(Cl)c21. The second kappa shape index (κ2) is 9.72. The van der Waals surface area contributed by atoms with Crippen molar-refractivity contribution < 1.29 is 9.59 Å². The molecule has 0 spiro atoms. The Morgan fingerprint density at radius 2 is 1.89 bits per heavy atom. The lowest BCUT2D eigenvalue weighted by Gasteiger charge is -2.23. The minimum Gasteiger partial charge on any atom is -0.334 e. The van der Waals surface area contributed by atoms with Crippen molar-refractivity contribution in [1.82, 2.24) is 19.7 Å². The highest BCUT2D eigenvalue weighted by Gasteiger charge is 2.29. The van der Waals surface area contributed by atoms with Gasteiger partial charge in [-0.3, -0.25) is 19.3 Å². The first-order valence-corrected chi connectivity index (χ1v) is 11.8. The lowest BCUT2D eigenvalue weighted by Crippen LogP contribution is -2.37. The Morgan fingerprint density at radius 3 is 2.63 bits per heavy atom. The summed E-state index contributed by atoms with van der Waals surface area (Å²) in [7, 11) is 0. The number of nitrogens with one attached hydrogen (secondary N) is 1. The van der Waals surface area contributed by atoms with Crippen LogP contribution in [0.1, 0.15) is 23.2 Å². The van der Waals surface area contributed by atoms with Crippen LogP contribution in [0.25, 0.3) is 22.2 Å². The highest BCUT2D eigenvalue weighted by Crippen LogP contribution is 2.33. The van der Waals surface area contributed by atoms with E-state index in [0.29, 0.717) is 23.7 Å². The summed E-state index contributed by atoms with van der Waals surface area (Å²) in [4.78, 5) is 31.0. The van der Waals surface area contributed by atoms with Crippen molar-refractivity contribution in [2.75, 3.05) is 11.9 Å². The monoisotopic (exact) mass is 485 g/mol. The first kappa shape index (κ1) is 22.8. The Kier molecular flexibility index (Phi) is 6.33. The summed E-state index contributed by atoms with van der Waals surface area (Å²) in [5.74, 6) is -0.252. The van der Waals surface area contributed by atoms with E-state index >= 15 is 0 Å². The molecule has 35 heavy (non-hydrogen) atoms. The van der Waals surface area contributed by atoms with Crippen LogP contribution in [-0.2, 0) is 11.3 Å². The molecule has 0 bridgehead atoms. The highest BCUT2D eigenvalue weighted by atomic mass is 35.5. The first-order chi connectivity index (χ1) is 17.0. The molecule has 1 atom stereocenters. The van der Waals surface area contributed by atoms with Gasteiger partial charge >= 0.3 is 0 Å². The number of para-hydroxylation sites is 1. The molecule has 2 amide bonds. The fourth-order valence-electron chi connectivity index (χ4n) is 4.57. The van der Waals surface area contributed by atoms with E-state index in [2.05, 4.69) is 16.9 Å². The van der Waals surface area contributed by atoms with Crippen LogP contribution in [0.2, 0.25) is 5.02 Å². The topological polar surface area (TPSA) is 80.1 Å². The van der Waals surface area contributed by atoms with Gasteiger partial charge < -0.3 is 10.2 Å². The number of anilines is 1. The number of rotatable bonds is 6. The minimum absolute atomic E-state index is 0.0183. The third-order valence-corrected chi connectivity index (χ3v) is 6.55. The average Bonchev–Trinajstić information content (AvgIpc) is 3.50. The highest BCUT2D eigenvalue weighted by molar-refractivity contribution is 6.35. The van der Waals surface area contributed by atoms with Gasteiger partial charge in [-0.2, -0.15) is 5.10 Å². The Hall–Kier alpha value is -3.97. The molecule has 0 radical (unpaired) electrons. The summed E-state index contributed by atoms with van der Waals surface area (Å²) in [6.07, 6.45) is 6.54. The molecule has 2 aromatic carbocycles. The third kappa shape index (κ3) is 4.55. The molecule has 1 aliphatic heterocycles. The van der Waals surface area contributed by atoms with Gasteiger partial charge in [-0.15, -0.1) is 0 Å². The molecule has 176 valence electrons. The van der Waals surface area contributed by atoms with Crippen LogP contribution in [0.4, 0.5) is 5.69 Å². The molecule has 2 aromatic heterocycles. The Balaban J connectivity index is 1.45. The molecule has 0 saturated carbocycles. The molecule has 1 unspecified atom stereocenters. The van der Waals surface area contributed by atoms with Crippen molar-refractivity contribution in [1.29, 1.82) is 0 Å². The number of amides is 2. The van der Waals surface area contributed by atoms with Gasteiger partial charge in [-0.25, -0.2) is 0 Å². The number of fused-ring (bicyclic) bond motifs is 1.